The molecule has 0 atom stereocenters. The predicted molar refractivity (Wildman–Crippen MR) is 83.9 cm³/mol. The number of phenols is 1. The second-order valence-electron chi connectivity index (χ2n) is 4.79. The maximum atomic E-state index is 12.3. The third kappa shape index (κ3) is 2.81. The lowest BCUT2D eigenvalue weighted by Crippen LogP contribution is -2.13. The molecule has 0 saturated heterocycles. The number of anilines is 1. The number of sulfonamides is 1. The fourth-order valence-electron chi connectivity index (χ4n) is 2.15. The molecule has 0 amide bonds. The zero-order valence-electron chi connectivity index (χ0n) is 11.6. The number of phenolic OH excluding ortho intramolecular Hbond substituents is 1. The Morgan fingerprint density at radius 2 is 1.91 bits per heavy atom. The molecule has 3 N–H and O–H groups in total. The number of H-pyrrole nitrogens is 1. The standard InChI is InChI=1S/C14H11N3O5S/c18-14-4-2-11(8-13(14)17(19)20)23(21,22)16-10-1-3-12-9(7-10)5-6-15-12/h1-8,15-16,18H. The van der Waals surface area contributed by atoms with Gasteiger partial charge in [0.05, 0.1) is 9.82 Å². The molecule has 23 heavy (non-hydrogen) atoms. The first-order valence-electron chi connectivity index (χ1n) is 6.44. The molecule has 1 aromatic heterocycles. The molecule has 0 bridgehead atoms. The van der Waals surface area contributed by atoms with Gasteiger partial charge in [-0.2, -0.15) is 0 Å². The molecule has 118 valence electrons. The van der Waals surface area contributed by atoms with Crippen LogP contribution in [0.2, 0.25) is 0 Å². The van der Waals surface area contributed by atoms with Crippen molar-refractivity contribution < 1.29 is 18.4 Å². The summed E-state index contributed by atoms with van der Waals surface area (Å²) < 4.78 is 27.0. The highest BCUT2D eigenvalue weighted by atomic mass is 32.2. The van der Waals surface area contributed by atoms with Gasteiger partial charge in [0.2, 0.25) is 0 Å². The van der Waals surface area contributed by atoms with Gasteiger partial charge in [-0.1, -0.05) is 0 Å². The molecule has 9 heteroatoms. The lowest BCUT2D eigenvalue weighted by atomic mass is 10.2. The van der Waals surface area contributed by atoms with E-state index in [-0.39, 0.29) is 4.90 Å². The summed E-state index contributed by atoms with van der Waals surface area (Å²) in [5.41, 5.74) is 0.509. The summed E-state index contributed by atoms with van der Waals surface area (Å²) in [5, 5.41) is 21.0. The zero-order chi connectivity index (χ0) is 16.6. The van der Waals surface area contributed by atoms with Gasteiger partial charge >= 0.3 is 5.69 Å². The maximum Gasteiger partial charge on any atom is 0.312 e. The summed E-state index contributed by atoms with van der Waals surface area (Å²) in [4.78, 5) is 12.6. The second-order valence-corrected chi connectivity index (χ2v) is 6.48. The number of hydrogen-bond donors (Lipinski definition) is 3. The summed E-state index contributed by atoms with van der Waals surface area (Å²) in [6.07, 6.45) is 1.73. The summed E-state index contributed by atoms with van der Waals surface area (Å²) in [6, 6.07) is 9.60. The molecule has 8 nitrogen and oxygen atoms in total. The number of benzene rings is 2. The van der Waals surface area contributed by atoms with Crippen LogP contribution in [0.3, 0.4) is 0 Å². The Labute approximate surface area is 130 Å². The van der Waals surface area contributed by atoms with Crippen molar-refractivity contribution in [3.8, 4) is 5.75 Å². The maximum absolute atomic E-state index is 12.3. The SMILES string of the molecule is O=[N+]([O-])c1cc(S(=O)(=O)Nc2ccc3[nH]ccc3c2)ccc1O. The van der Waals surface area contributed by atoms with E-state index in [1.807, 2.05) is 0 Å². The molecule has 0 aliphatic rings. The molecule has 2 aromatic carbocycles. The van der Waals surface area contributed by atoms with E-state index >= 15 is 0 Å². The molecule has 0 spiro atoms. The number of nitro groups is 1. The Balaban J connectivity index is 1.98. The van der Waals surface area contributed by atoms with Crippen LogP contribution in [0.1, 0.15) is 0 Å². The number of nitrogens with zero attached hydrogens (tertiary/aromatic N) is 1. The molecule has 0 fully saturated rings. The van der Waals surface area contributed by atoms with E-state index in [4.69, 9.17) is 0 Å². The Hall–Kier alpha value is -3.07. The number of hydrogen-bond acceptors (Lipinski definition) is 5. The van der Waals surface area contributed by atoms with E-state index in [0.29, 0.717) is 5.69 Å². The average molecular weight is 333 g/mol. The summed E-state index contributed by atoms with van der Waals surface area (Å²) in [5.74, 6) is -0.595. The van der Waals surface area contributed by atoms with Crippen LogP contribution in [0, 0.1) is 10.1 Å². The first-order valence-corrected chi connectivity index (χ1v) is 7.92. The summed E-state index contributed by atoms with van der Waals surface area (Å²) >= 11 is 0. The van der Waals surface area contributed by atoms with Crippen LogP contribution in [0.4, 0.5) is 11.4 Å². The van der Waals surface area contributed by atoms with Gasteiger partial charge in [0, 0.05) is 28.9 Å². The van der Waals surface area contributed by atoms with Crippen molar-refractivity contribution >= 4 is 32.3 Å². The van der Waals surface area contributed by atoms with Crippen molar-refractivity contribution in [2.45, 2.75) is 4.90 Å². The Morgan fingerprint density at radius 1 is 1.13 bits per heavy atom. The third-order valence-corrected chi connectivity index (χ3v) is 4.64. The van der Waals surface area contributed by atoms with Crippen LogP contribution in [0.25, 0.3) is 10.9 Å². The second kappa shape index (κ2) is 5.29. The van der Waals surface area contributed by atoms with E-state index in [1.165, 1.54) is 0 Å². The van der Waals surface area contributed by atoms with Gasteiger partial charge in [-0.05, 0) is 36.4 Å². The van der Waals surface area contributed by atoms with Gasteiger partial charge in [-0.25, -0.2) is 8.42 Å². The normalized spacial score (nSPS) is 11.5. The van der Waals surface area contributed by atoms with Gasteiger partial charge in [0.1, 0.15) is 0 Å². The minimum absolute atomic E-state index is 0.309. The van der Waals surface area contributed by atoms with Crippen LogP contribution in [-0.2, 0) is 10.0 Å². The molecule has 0 radical (unpaired) electrons. The first kappa shape index (κ1) is 14.9. The first-order chi connectivity index (χ1) is 10.9. The molecule has 0 saturated carbocycles. The van der Waals surface area contributed by atoms with Gasteiger partial charge in [0.25, 0.3) is 10.0 Å². The number of aromatic nitrogens is 1. The highest BCUT2D eigenvalue weighted by molar-refractivity contribution is 7.92. The molecule has 1 heterocycles. The van der Waals surface area contributed by atoms with Crippen molar-refractivity contribution in [2.75, 3.05) is 4.72 Å². The molecule has 3 rings (SSSR count). The number of aromatic amines is 1. The fraction of sp³-hybridized carbons (Fsp3) is 0. The van der Waals surface area contributed by atoms with Crippen LogP contribution < -0.4 is 4.72 Å². The molecular formula is C14H11N3O5S. The van der Waals surface area contributed by atoms with Crippen LogP contribution >= 0.6 is 0 Å². The van der Waals surface area contributed by atoms with Crippen molar-refractivity contribution in [2.24, 2.45) is 0 Å². The minimum atomic E-state index is -4.01. The number of nitro benzene ring substituents is 1. The smallest absolute Gasteiger partial charge is 0.312 e. The van der Waals surface area contributed by atoms with Crippen LogP contribution in [-0.4, -0.2) is 23.4 Å². The van der Waals surface area contributed by atoms with Crippen molar-refractivity contribution in [1.29, 1.82) is 0 Å². The molecule has 0 aliphatic heterocycles. The highest BCUT2D eigenvalue weighted by Crippen LogP contribution is 2.29. The van der Waals surface area contributed by atoms with Crippen LogP contribution in [0.5, 0.6) is 5.75 Å². The van der Waals surface area contributed by atoms with Crippen LogP contribution in [0.15, 0.2) is 53.6 Å². The number of nitrogens with one attached hydrogen (secondary N) is 2. The highest BCUT2D eigenvalue weighted by Gasteiger charge is 2.21. The summed E-state index contributed by atoms with van der Waals surface area (Å²) in [7, 11) is -4.01. The van der Waals surface area contributed by atoms with Crippen molar-refractivity contribution in [1.82, 2.24) is 4.98 Å². The Kier molecular flexibility index (Phi) is 3.41. The number of rotatable bonds is 4. The zero-order valence-corrected chi connectivity index (χ0v) is 12.4. The van der Waals surface area contributed by atoms with E-state index in [9.17, 15) is 23.6 Å². The molecule has 0 aliphatic carbocycles. The lowest BCUT2D eigenvalue weighted by molar-refractivity contribution is -0.386. The topological polar surface area (TPSA) is 125 Å². The number of aromatic hydroxyl groups is 1. The average Bonchev–Trinajstić information content (AvgIpc) is 2.94. The molecular weight excluding hydrogens is 322 g/mol. The van der Waals surface area contributed by atoms with Gasteiger partial charge < -0.3 is 10.1 Å². The van der Waals surface area contributed by atoms with E-state index in [1.54, 1.807) is 30.5 Å². The van der Waals surface area contributed by atoms with E-state index in [0.717, 1.165) is 29.1 Å². The van der Waals surface area contributed by atoms with Crippen molar-refractivity contribution in [3.05, 3.63) is 58.8 Å². The van der Waals surface area contributed by atoms with Gasteiger partial charge in [0.15, 0.2) is 5.75 Å². The fourth-order valence-corrected chi connectivity index (χ4v) is 3.22. The monoisotopic (exact) mass is 333 g/mol. The largest absolute Gasteiger partial charge is 0.502 e. The summed E-state index contributed by atoms with van der Waals surface area (Å²) in [6.45, 7) is 0. The predicted octanol–water partition coefficient (Wildman–Crippen LogP) is 2.58. The Morgan fingerprint density at radius 3 is 2.65 bits per heavy atom. The van der Waals surface area contributed by atoms with Crippen molar-refractivity contribution in [3.63, 3.8) is 0 Å². The molecule has 3 aromatic rings. The quantitative estimate of drug-likeness (QED) is 0.500. The number of fused-ring (bicyclic) bond motifs is 1. The Bertz CT molecular complexity index is 1010. The molecule has 0 unspecified atom stereocenters. The van der Waals surface area contributed by atoms with E-state index in [2.05, 4.69) is 9.71 Å². The lowest BCUT2D eigenvalue weighted by Gasteiger charge is -2.08. The van der Waals surface area contributed by atoms with Gasteiger partial charge in [-0.15, -0.1) is 0 Å². The van der Waals surface area contributed by atoms with Gasteiger partial charge in [-0.3, -0.25) is 14.8 Å². The minimum Gasteiger partial charge on any atom is -0.502 e. The third-order valence-electron chi connectivity index (χ3n) is 3.26. The van der Waals surface area contributed by atoms with E-state index < -0.39 is 26.4 Å².